The maximum absolute atomic E-state index is 13.0. The van der Waals surface area contributed by atoms with Crippen LogP contribution in [0.2, 0.25) is 19.6 Å². The summed E-state index contributed by atoms with van der Waals surface area (Å²) in [5, 5.41) is 0. The van der Waals surface area contributed by atoms with Gasteiger partial charge in [-0.15, -0.1) is 0 Å². The number of rotatable bonds is 4. The zero-order chi connectivity index (χ0) is 14.0. The number of alkyl halides is 5. The number of carbonyl (C=O) groups is 1. The summed E-state index contributed by atoms with van der Waals surface area (Å²) in [4.78, 5) is 10.5. The quantitative estimate of drug-likeness (QED) is 0.341. The predicted molar refractivity (Wildman–Crippen MR) is 49.6 cm³/mol. The van der Waals surface area contributed by atoms with Crippen molar-refractivity contribution in [2.75, 3.05) is 0 Å². The van der Waals surface area contributed by atoms with Gasteiger partial charge in [-0.2, -0.15) is 17.6 Å². The third-order valence-electron chi connectivity index (χ3n) is 1.28. The number of halogens is 6. The summed E-state index contributed by atoms with van der Waals surface area (Å²) in [5.41, 5.74) is 0. The van der Waals surface area contributed by atoms with E-state index in [1.54, 1.807) is 0 Å². The average molecular weight is 280 g/mol. The van der Waals surface area contributed by atoms with Gasteiger partial charge in [0.1, 0.15) is 0 Å². The molecule has 0 heterocycles. The van der Waals surface area contributed by atoms with Crippen molar-refractivity contribution < 1.29 is 35.6 Å². The van der Waals surface area contributed by atoms with Crippen molar-refractivity contribution in [2.24, 2.45) is 0 Å². The largest absolute Gasteiger partial charge is 0.539 e. The van der Waals surface area contributed by atoms with E-state index in [9.17, 15) is 31.1 Å². The molecule has 0 saturated carbocycles. The summed E-state index contributed by atoms with van der Waals surface area (Å²) < 4.78 is 77.9. The second kappa shape index (κ2) is 5.11. The third kappa shape index (κ3) is 5.24. The van der Waals surface area contributed by atoms with Gasteiger partial charge in [-0.05, 0) is 19.6 Å². The highest BCUT2D eigenvalue weighted by Crippen LogP contribution is 2.33. The Kier molecular flexibility index (Phi) is 4.81. The fraction of sp³-hybridized carbons (Fsp3) is 0.625. The molecule has 0 saturated heterocycles. The number of Topliss-reactive ketones (excluding diaryl/α,β-unsaturated/α-hetero) is 1. The molecule has 0 unspecified atom stereocenters. The molecule has 0 aliphatic heterocycles. The van der Waals surface area contributed by atoms with Crippen molar-refractivity contribution in [2.45, 2.75) is 32.2 Å². The Morgan fingerprint density at radius 2 is 1.59 bits per heavy atom. The average Bonchev–Trinajstić information content (AvgIpc) is 2.08. The lowest BCUT2D eigenvalue weighted by molar-refractivity contribution is -0.134. The van der Waals surface area contributed by atoms with Gasteiger partial charge in [-0.25, -0.2) is 8.78 Å². The van der Waals surface area contributed by atoms with Crippen LogP contribution in [0.1, 0.15) is 0 Å². The van der Waals surface area contributed by atoms with Crippen LogP contribution in [0, 0.1) is 0 Å². The second-order valence-electron chi connectivity index (χ2n) is 4.02. The molecule has 0 spiro atoms. The highest BCUT2D eigenvalue weighted by molar-refractivity contribution is 6.70. The minimum Gasteiger partial charge on any atom is -0.539 e. The molecule has 0 aromatic rings. The van der Waals surface area contributed by atoms with Crippen LogP contribution in [-0.4, -0.2) is 26.7 Å². The van der Waals surface area contributed by atoms with Crippen LogP contribution in [0.3, 0.4) is 0 Å². The van der Waals surface area contributed by atoms with Crippen LogP contribution in [0.15, 0.2) is 11.6 Å². The minimum absolute atomic E-state index is 1.29. The SMILES string of the molecule is C[Si](C)(C)OC(=C(F)C(=O)C(F)F)C(F)(F)F. The van der Waals surface area contributed by atoms with E-state index in [1.807, 2.05) is 0 Å². The molecule has 0 aliphatic rings. The first-order valence-electron chi connectivity index (χ1n) is 4.34. The van der Waals surface area contributed by atoms with Crippen molar-refractivity contribution >= 4 is 14.1 Å². The van der Waals surface area contributed by atoms with Gasteiger partial charge in [0.2, 0.25) is 19.9 Å². The summed E-state index contributed by atoms with van der Waals surface area (Å²) in [6.07, 6.45) is -9.17. The maximum Gasteiger partial charge on any atom is 0.450 e. The van der Waals surface area contributed by atoms with E-state index < -0.39 is 38.3 Å². The molecular formula is C8H10F6O2Si. The number of hydrogen-bond acceptors (Lipinski definition) is 2. The van der Waals surface area contributed by atoms with Crippen molar-refractivity contribution in [3.05, 3.63) is 11.6 Å². The molecule has 2 nitrogen and oxygen atoms in total. The molecular weight excluding hydrogens is 270 g/mol. The van der Waals surface area contributed by atoms with Gasteiger partial charge in [-0.3, -0.25) is 4.79 Å². The van der Waals surface area contributed by atoms with Crippen LogP contribution in [-0.2, 0) is 9.22 Å². The smallest absolute Gasteiger partial charge is 0.450 e. The van der Waals surface area contributed by atoms with E-state index in [0.29, 0.717) is 0 Å². The van der Waals surface area contributed by atoms with Crippen LogP contribution < -0.4 is 0 Å². The number of carbonyl (C=O) groups excluding carboxylic acids is 1. The van der Waals surface area contributed by atoms with Crippen LogP contribution in [0.4, 0.5) is 26.3 Å². The first-order chi connectivity index (χ1) is 7.36. The highest BCUT2D eigenvalue weighted by atomic mass is 28.4. The molecule has 0 radical (unpaired) electrons. The second-order valence-corrected chi connectivity index (χ2v) is 8.45. The molecule has 0 fully saturated rings. The molecule has 0 N–H and O–H groups in total. The van der Waals surface area contributed by atoms with Gasteiger partial charge in [0.05, 0.1) is 0 Å². The van der Waals surface area contributed by atoms with E-state index >= 15 is 0 Å². The van der Waals surface area contributed by atoms with Crippen molar-refractivity contribution in [3.8, 4) is 0 Å². The standard InChI is InChI=1S/C8H10F6O2Si/c1-17(2,3)16-6(8(12,13)14)4(9)5(15)7(10)11/h7H,1-3H3. The van der Waals surface area contributed by atoms with Gasteiger partial charge in [0.15, 0.2) is 0 Å². The summed E-state index contributed by atoms with van der Waals surface area (Å²) >= 11 is 0. The zero-order valence-electron chi connectivity index (χ0n) is 9.16. The Hall–Kier alpha value is -0.993. The molecule has 0 aromatic heterocycles. The molecule has 0 aromatic carbocycles. The molecule has 0 amide bonds. The van der Waals surface area contributed by atoms with Gasteiger partial charge < -0.3 is 4.43 Å². The fourth-order valence-corrected chi connectivity index (χ4v) is 1.56. The Bertz CT molecular complexity index is 328. The predicted octanol–water partition coefficient (Wildman–Crippen LogP) is 3.42. The molecule has 0 rings (SSSR count). The highest BCUT2D eigenvalue weighted by Gasteiger charge is 2.44. The Morgan fingerprint density at radius 3 is 1.82 bits per heavy atom. The molecule has 100 valence electrons. The lowest BCUT2D eigenvalue weighted by Crippen LogP contribution is -2.32. The fourth-order valence-electron chi connectivity index (χ4n) is 0.741. The molecule has 0 bridgehead atoms. The molecule has 17 heavy (non-hydrogen) atoms. The summed E-state index contributed by atoms with van der Waals surface area (Å²) in [6.45, 7) is 3.87. The van der Waals surface area contributed by atoms with E-state index in [-0.39, 0.29) is 0 Å². The number of ketones is 1. The first-order valence-corrected chi connectivity index (χ1v) is 7.75. The van der Waals surface area contributed by atoms with Crippen molar-refractivity contribution in [3.63, 3.8) is 0 Å². The summed E-state index contributed by atoms with van der Waals surface area (Å²) in [7, 11) is -2.89. The maximum atomic E-state index is 13.0. The van der Waals surface area contributed by atoms with Crippen LogP contribution in [0.5, 0.6) is 0 Å². The van der Waals surface area contributed by atoms with Crippen molar-refractivity contribution in [1.82, 2.24) is 0 Å². The lowest BCUT2D eigenvalue weighted by atomic mass is 10.3. The first kappa shape index (κ1) is 16.0. The van der Waals surface area contributed by atoms with Gasteiger partial charge in [0.25, 0.3) is 5.78 Å². The zero-order valence-corrected chi connectivity index (χ0v) is 10.2. The van der Waals surface area contributed by atoms with Gasteiger partial charge >= 0.3 is 12.6 Å². The van der Waals surface area contributed by atoms with Crippen LogP contribution >= 0.6 is 0 Å². The molecule has 0 atom stereocenters. The van der Waals surface area contributed by atoms with E-state index in [0.717, 1.165) is 0 Å². The lowest BCUT2D eigenvalue weighted by Gasteiger charge is -2.23. The Balaban J connectivity index is 5.47. The Morgan fingerprint density at radius 1 is 1.18 bits per heavy atom. The van der Waals surface area contributed by atoms with E-state index in [4.69, 9.17) is 0 Å². The Labute approximate surface area is 94.4 Å². The molecule has 0 aliphatic carbocycles. The molecule has 9 heteroatoms. The van der Waals surface area contributed by atoms with Crippen molar-refractivity contribution in [1.29, 1.82) is 0 Å². The normalized spacial score (nSPS) is 14.7. The third-order valence-corrected chi connectivity index (χ3v) is 2.10. The van der Waals surface area contributed by atoms with E-state index in [1.165, 1.54) is 19.6 Å². The van der Waals surface area contributed by atoms with Crippen LogP contribution in [0.25, 0.3) is 0 Å². The van der Waals surface area contributed by atoms with Gasteiger partial charge in [0, 0.05) is 0 Å². The van der Waals surface area contributed by atoms with Gasteiger partial charge in [-0.1, -0.05) is 0 Å². The summed E-state index contributed by atoms with van der Waals surface area (Å²) in [5.74, 6) is -7.40. The minimum atomic E-state index is -5.32. The summed E-state index contributed by atoms with van der Waals surface area (Å²) in [6, 6.07) is 0. The van der Waals surface area contributed by atoms with E-state index in [2.05, 4.69) is 4.43 Å². The topological polar surface area (TPSA) is 26.3 Å². The number of allylic oxidation sites excluding steroid dienone is 2. The number of hydrogen-bond donors (Lipinski definition) is 0. The monoisotopic (exact) mass is 280 g/mol.